The molecule has 0 fully saturated rings. The lowest BCUT2D eigenvalue weighted by atomic mass is 10.3. The van der Waals surface area contributed by atoms with E-state index in [0.717, 1.165) is 0 Å². The van der Waals surface area contributed by atoms with E-state index in [4.69, 9.17) is 5.73 Å². The van der Waals surface area contributed by atoms with Crippen molar-refractivity contribution in [1.29, 1.82) is 0 Å². The predicted molar refractivity (Wildman–Crippen MR) is 48.3 cm³/mol. The van der Waals surface area contributed by atoms with Crippen LogP contribution < -0.4 is 16.0 Å². The zero-order valence-electron chi connectivity index (χ0n) is 8.08. The number of rotatable bonds is 3. The first kappa shape index (κ1) is 13.0. The number of ether oxygens (including phenoxy) is 1. The largest absolute Gasteiger partial charge is 0.573 e. The summed E-state index contributed by atoms with van der Waals surface area (Å²) in [6, 6.07) is 0.711. The second-order valence-corrected chi connectivity index (χ2v) is 2.85. The summed E-state index contributed by atoms with van der Waals surface area (Å²) >= 11 is 0. The maximum atomic E-state index is 11.9. The van der Waals surface area contributed by atoms with Gasteiger partial charge in [-0.1, -0.05) is 0 Å². The molecule has 10 heteroatoms. The molecule has 0 saturated heterocycles. The van der Waals surface area contributed by atoms with Crippen LogP contribution >= 0.6 is 0 Å². The Morgan fingerprint density at radius 3 is 2.53 bits per heavy atom. The minimum Gasteiger partial charge on any atom is -0.392 e. The van der Waals surface area contributed by atoms with E-state index < -0.39 is 28.3 Å². The summed E-state index contributed by atoms with van der Waals surface area (Å²) in [5.74, 6) is -1.42. The maximum absolute atomic E-state index is 11.9. The van der Waals surface area contributed by atoms with Gasteiger partial charge < -0.3 is 15.5 Å². The number of H-pyrrole nitrogens is 1. The summed E-state index contributed by atoms with van der Waals surface area (Å²) in [5.41, 5.74) is 2.58. The molecule has 94 valence electrons. The number of halogens is 3. The van der Waals surface area contributed by atoms with E-state index in [0.29, 0.717) is 6.07 Å². The Balaban J connectivity index is 3.37. The SMILES string of the molecule is NCc1cc([N+](=O)[O-])c(OC(F)(F)F)c(=O)[nH]1. The number of aromatic amines is 1. The average Bonchev–Trinajstić information content (AvgIpc) is 2.18. The highest BCUT2D eigenvalue weighted by atomic mass is 19.4. The fraction of sp³-hybridized carbons (Fsp3) is 0.286. The maximum Gasteiger partial charge on any atom is 0.573 e. The van der Waals surface area contributed by atoms with Gasteiger partial charge in [-0.05, 0) is 0 Å². The molecule has 0 bridgehead atoms. The number of pyridine rings is 1. The molecule has 0 radical (unpaired) electrons. The molecular weight excluding hydrogens is 247 g/mol. The first-order chi connectivity index (χ1) is 7.74. The van der Waals surface area contributed by atoms with Crippen LogP contribution in [0, 0.1) is 10.1 Å². The van der Waals surface area contributed by atoms with Crippen molar-refractivity contribution in [1.82, 2.24) is 4.98 Å². The van der Waals surface area contributed by atoms with E-state index in [-0.39, 0.29) is 12.2 Å². The Morgan fingerprint density at radius 1 is 1.53 bits per heavy atom. The van der Waals surface area contributed by atoms with Gasteiger partial charge in [0.05, 0.1) is 4.92 Å². The van der Waals surface area contributed by atoms with Gasteiger partial charge in [-0.25, -0.2) is 0 Å². The summed E-state index contributed by atoms with van der Waals surface area (Å²) in [5, 5.41) is 10.5. The van der Waals surface area contributed by atoms with Crippen LogP contribution in [0.1, 0.15) is 5.69 Å². The van der Waals surface area contributed by atoms with Crippen molar-refractivity contribution in [2.24, 2.45) is 5.73 Å². The third kappa shape index (κ3) is 3.17. The van der Waals surface area contributed by atoms with Crippen molar-refractivity contribution in [3.8, 4) is 5.75 Å². The summed E-state index contributed by atoms with van der Waals surface area (Å²) < 4.78 is 39.1. The van der Waals surface area contributed by atoms with Crippen molar-refractivity contribution in [3.05, 3.63) is 32.2 Å². The Kier molecular flexibility index (Phi) is 3.36. The molecule has 1 heterocycles. The lowest BCUT2D eigenvalue weighted by Crippen LogP contribution is -2.24. The Labute approximate surface area is 91.1 Å². The summed E-state index contributed by atoms with van der Waals surface area (Å²) in [7, 11) is 0. The smallest absolute Gasteiger partial charge is 0.392 e. The number of hydrogen-bond acceptors (Lipinski definition) is 5. The molecule has 1 rings (SSSR count). The number of alkyl halides is 3. The standard InChI is InChI=1S/C7H6F3N3O4/c8-7(9,10)17-5-4(13(15)16)1-3(2-11)12-6(5)14/h1H,2,11H2,(H,12,14). The third-order valence-corrected chi connectivity index (χ3v) is 1.66. The molecule has 0 spiro atoms. The van der Waals surface area contributed by atoms with Crippen LogP contribution in [0.3, 0.4) is 0 Å². The molecule has 0 aliphatic carbocycles. The van der Waals surface area contributed by atoms with E-state index in [9.17, 15) is 28.1 Å². The zero-order chi connectivity index (χ0) is 13.2. The predicted octanol–water partition coefficient (Wildman–Crippen LogP) is 0.640. The molecule has 0 atom stereocenters. The molecule has 0 aliphatic heterocycles. The summed E-state index contributed by atoms with van der Waals surface area (Å²) in [6.07, 6.45) is -5.19. The lowest BCUT2D eigenvalue weighted by molar-refractivity contribution is -0.389. The Hall–Kier alpha value is -2.10. The summed E-state index contributed by atoms with van der Waals surface area (Å²) in [4.78, 5) is 22.4. The summed E-state index contributed by atoms with van der Waals surface area (Å²) in [6.45, 7) is -0.262. The van der Waals surface area contributed by atoms with Crippen LogP contribution in [-0.4, -0.2) is 16.3 Å². The molecular formula is C7H6F3N3O4. The molecule has 0 unspecified atom stereocenters. The van der Waals surface area contributed by atoms with Gasteiger partial charge in [0.25, 0.3) is 11.3 Å². The van der Waals surface area contributed by atoms with Crippen molar-refractivity contribution in [3.63, 3.8) is 0 Å². The number of nitrogens with one attached hydrogen (secondary N) is 1. The second-order valence-electron chi connectivity index (χ2n) is 2.85. The first-order valence-corrected chi connectivity index (χ1v) is 4.11. The van der Waals surface area contributed by atoms with E-state index in [1.54, 1.807) is 0 Å². The minimum atomic E-state index is -5.19. The third-order valence-electron chi connectivity index (χ3n) is 1.66. The van der Waals surface area contributed by atoms with Gasteiger partial charge in [0.2, 0.25) is 0 Å². The van der Waals surface area contributed by atoms with E-state index in [1.807, 2.05) is 4.98 Å². The number of aromatic nitrogens is 1. The molecule has 3 N–H and O–H groups in total. The van der Waals surface area contributed by atoms with Crippen LogP contribution in [0.15, 0.2) is 10.9 Å². The topological polar surface area (TPSA) is 111 Å². The van der Waals surface area contributed by atoms with Gasteiger partial charge in [-0.3, -0.25) is 14.9 Å². The highest BCUT2D eigenvalue weighted by Gasteiger charge is 2.36. The molecule has 0 saturated carbocycles. The fourth-order valence-corrected chi connectivity index (χ4v) is 1.05. The van der Waals surface area contributed by atoms with Gasteiger partial charge in [-0.15, -0.1) is 13.2 Å². The monoisotopic (exact) mass is 253 g/mol. The molecule has 7 nitrogen and oxygen atoms in total. The second kappa shape index (κ2) is 4.41. The highest BCUT2D eigenvalue weighted by Crippen LogP contribution is 2.28. The number of nitrogens with zero attached hydrogens (tertiary/aromatic N) is 1. The van der Waals surface area contributed by atoms with Gasteiger partial charge in [0.15, 0.2) is 0 Å². The molecule has 0 aromatic carbocycles. The van der Waals surface area contributed by atoms with Gasteiger partial charge >= 0.3 is 12.0 Å². The molecule has 17 heavy (non-hydrogen) atoms. The lowest BCUT2D eigenvalue weighted by Gasteiger charge is -2.08. The molecule has 0 amide bonds. The van der Waals surface area contributed by atoms with Crippen molar-refractivity contribution >= 4 is 5.69 Å². The van der Waals surface area contributed by atoms with Crippen LogP contribution in [0.5, 0.6) is 5.75 Å². The van der Waals surface area contributed by atoms with Crippen LogP contribution in [0.2, 0.25) is 0 Å². The van der Waals surface area contributed by atoms with Crippen LogP contribution in [-0.2, 0) is 6.54 Å². The van der Waals surface area contributed by atoms with Crippen LogP contribution in [0.25, 0.3) is 0 Å². The molecule has 1 aromatic heterocycles. The van der Waals surface area contributed by atoms with Gasteiger partial charge in [0.1, 0.15) is 0 Å². The van der Waals surface area contributed by atoms with Crippen LogP contribution in [0.4, 0.5) is 18.9 Å². The van der Waals surface area contributed by atoms with Crippen molar-refractivity contribution in [2.75, 3.05) is 0 Å². The van der Waals surface area contributed by atoms with E-state index >= 15 is 0 Å². The quantitative estimate of drug-likeness (QED) is 0.606. The molecule has 0 aliphatic rings. The normalized spacial score (nSPS) is 11.3. The highest BCUT2D eigenvalue weighted by molar-refractivity contribution is 5.45. The number of nitro groups is 1. The Morgan fingerprint density at radius 2 is 2.12 bits per heavy atom. The van der Waals surface area contributed by atoms with E-state index in [2.05, 4.69) is 4.74 Å². The van der Waals surface area contributed by atoms with E-state index in [1.165, 1.54) is 0 Å². The zero-order valence-corrected chi connectivity index (χ0v) is 8.08. The fourth-order valence-electron chi connectivity index (χ4n) is 1.05. The first-order valence-electron chi connectivity index (χ1n) is 4.11. The molecule has 1 aromatic rings. The minimum absolute atomic E-state index is 0.0729. The van der Waals surface area contributed by atoms with Crippen molar-refractivity contribution < 1.29 is 22.8 Å². The number of hydrogen-bond donors (Lipinski definition) is 2. The van der Waals surface area contributed by atoms with Gasteiger partial charge in [0, 0.05) is 18.3 Å². The van der Waals surface area contributed by atoms with Crippen molar-refractivity contribution in [2.45, 2.75) is 12.9 Å². The number of nitrogens with two attached hydrogens (primary N) is 1. The Bertz CT molecular complexity index is 496. The van der Waals surface area contributed by atoms with Gasteiger partial charge in [-0.2, -0.15) is 0 Å². The average molecular weight is 253 g/mol.